The lowest BCUT2D eigenvalue weighted by Gasteiger charge is -2.12. The Morgan fingerprint density at radius 3 is 2.37 bits per heavy atom. The molecule has 0 radical (unpaired) electrons. The van der Waals surface area contributed by atoms with Gasteiger partial charge in [-0.2, -0.15) is 13.2 Å². The molecule has 2 N–H and O–H groups in total. The number of non-ortho nitro benzene ring substituents is 1. The third kappa shape index (κ3) is 7.62. The Balaban J connectivity index is 1.50. The van der Waals surface area contributed by atoms with E-state index in [-0.39, 0.29) is 39.4 Å². The maximum absolute atomic E-state index is 13.1. The minimum Gasteiger partial charge on any atom is -0.345 e. The summed E-state index contributed by atoms with van der Waals surface area (Å²) < 4.78 is 41.6. The average Bonchev–Trinajstić information content (AvgIpc) is 3.34. The molecule has 4 aromatic rings. The van der Waals surface area contributed by atoms with Gasteiger partial charge in [-0.3, -0.25) is 24.3 Å². The number of nitro groups is 1. The highest BCUT2D eigenvalue weighted by Crippen LogP contribution is 2.34. The highest BCUT2D eigenvalue weighted by Gasteiger charge is 2.31. The maximum Gasteiger partial charge on any atom is 0.416 e. The van der Waals surface area contributed by atoms with Crippen molar-refractivity contribution >= 4 is 62.5 Å². The van der Waals surface area contributed by atoms with Crippen LogP contribution in [0.25, 0.3) is 5.69 Å². The van der Waals surface area contributed by atoms with Gasteiger partial charge in [-0.05, 0) is 54.6 Å². The first-order valence-corrected chi connectivity index (χ1v) is 13.6. The van der Waals surface area contributed by atoms with Gasteiger partial charge in [0.2, 0.25) is 5.91 Å². The lowest BCUT2D eigenvalue weighted by molar-refractivity contribution is -0.384. The predicted octanol–water partition coefficient (Wildman–Crippen LogP) is 6.27. The van der Waals surface area contributed by atoms with E-state index in [1.165, 1.54) is 24.3 Å². The topological polar surface area (TPSA) is 132 Å². The molecule has 4 rings (SSSR count). The van der Waals surface area contributed by atoms with E-state index in [2.05, 4.69) is 36.8 Å². The van der Waals surface area contributed by atoms with Crippen molar-refractivity contribution in [1.82, 2.24) is 20.1 Å². The monoisotopic (exact) mass is 668 g/mol. The largest absolute Gasteiger partial charge is 0.416 e. The zero-order valence-electron chi connectivity index (χ0n) is 20.5. The minimum atomic E-state index is -4.61. The average molecular weight is 670 g/mol. The van der Waals surface area contributed by atoms with Crippen molar-refractivity contribution in [2.75, 3.05) is 11.1 Å². The van der Waals surface area contributed by atoms with Gasteiger partial charge >= 0.3 is 6.18 Å². The molecule has 3 aromatic carbocycles. The molecule has 0 aliphatic heterocycles. The molecule has 1 heterocycles. The highest BCUT2D eigenvalue weighted by molar-refractivity contribution is 9.10. The number of rotatable bonds is 9. The molecule has 2 amide bonds. The number of benzene rings is 3. The van der Waals surface area contributed by atoms with Crippen LogP contribution in [0.15, 0.2) is 76.4 Å². The molecule has 0 aliphatic carbocycles. The minimum absolute atomic E-state index is 0.0552. The highest BCUT2D eigenvalue weighted by atomic mass is 79.9. The van der Waals surface area contributed by atoms with Crippen molar-refractivity contribution in [2.24, 2.45) is 0 Å². The van der Waals surface area contributed by atoms with Crippen LogP contribution in [-0.2, 0) is 17.5 Å². The van der Waals surface area contributed by atoms with Gasteiger partial charge in [0.15, 0.2) is 11.0 Å². The number of amides is 2. The van der Waals surface area contributed by atoms with E-state index in [1.807, 2.05) is 0 Å². The summed E-state index contributed by atoms with van der Waals surface area (Å²) in [6.45, 7) is -0.0779. The third-order valence-corrected chi connectivity index (χ3v) is 7.22. The third-order valence-electron chi connectivity index (χ3n) is 5.43. The summed E-state index contributed by atoms with van der Waals surface area (Å²) in [5, 5.41) is 24.4. The molecule has 10 nitrogen and oxygen atoms in total. The SMILES string of the molecule is O=C(CSc1nnc(CNC(=O)c2ccc([N+](=O)[O-])cc2)n1-c1ccc(Br)cc1)Nc1cc(C(F)(F)F)ccc1Cl. The van der Waals surface area contributed by atoms with Gasteiger partial charge < -0.3 is 10.6 Å². The molecule has 212 valence electrons. The van der Waals surface area contributed by atoms with Gasteiger partial charge in [-0.25, -0.2) is 0 Å². The molecule has 0 fully saturated rings. The second-order valence-corrected chi connectivity index (χ2v) is 10.5. The molecule has 0 saturated carbocycles. The van der Waals surface area contributed by atoms with Crippen LogP contribution in [0, 0.1) is 10.1 Å². The van der Waals surface area contributed by atoms with Gasteiger partial charge in [0.1, 0.15) is 0 Å². The lowest BCUT2D eigenvalue weighted by atomic mass is 10.2. The van der Waals surface area contributed by atoms with Crippen molar-refractivity contribution in [2.45, 2.75) is 17.9 Å². The lowest BCUT2D eigenvalue weighted by Crippen LogP contribution is -2.24. The molecule has 0 spiro atoms. The van der Waals surface area contributed by atoms with E-state index in [4.69, 9.17) is 11.6 Å². The molecular weight excluding hydrogens is 653 g/mol. The Morgan fingerprint density at radius 1 is 1.05 bits per heavy atom. The number of nitrogens with zero attached hydrogens (tertiary/aromatic N) is 4. The van der Waals surface area contributed by atoms with Crippen LogP contribution in [0.4, 0.5) is 24.5 Å². The summed E-state index contributed by atoms with van der Waals surface area (Å²) in [6.07, 6.45) is -4.61. The number of halogens is 5. The quantitative estimate of drug-likeness (QED) is 0.122. The summed E-state index contributed by atoms with van der Waals surface area (Å²) in [7, 11) is 0. The van der Waals surface area contributed by atoms with E-state index < -0.39 is 28.5 Å². The summed E-state index contributed by atoms with van der Waals surface area (Å²) in [6, 6.07) is 14.7. The zero-order chi connectivity index (χ0) is 29.7. The van der Waals surface area contributed by atoms with E-state index in [1.54, 1.807) is 28.8 Å². The van der Waals surface area contributed by atoms with Gasteiger partial charge in [0.25, 0.3) is 11.6 Å². The Bertz CT molecular complexity index is 1600. The summed E-state index contributed by atoms with van der Waals surface area (Å²) in [5.41, 5.74) is -0.486. The fourth-order valence-corrected chi connectivity index (χ4v) is 4.67. The van der Waals surface area contributed by atoms with E-state index >= 15 is 0 Å². The van der Waals surface area contributed by atoms with Crippen LogP contribution in [0.3, 0.4) is 0 Å². The normalized spacial score (nSPS) is 11.2. The zero-order valence-corrected chi connectivity index (χ0v) is 23.6. The van der Waals surface area contributed by atoms with Gasteiger partial charge in [0.05, 0.1) is 33.5 Å². The number of carbonyl (C=O) groups is 2. The molecule has 1 aromatic heterocycles. The van der Waals surface area contributed by atoms with Crippen LogP contribution in [0.2, 0.25) is 5.02 Å². The number of thioether (sulfide) groups is 1. The summed E-state index contributed by atoms with van der Waals surface area (Å²) in [4.78, 5) is 35.5. The predicted molar refractivity (Wildman–Crippen MR) is 149 cm³/mol. The van der Waals surface area contributed by atoms with Crippen molar-refractivity contribution in [3.05, 3.63) is 103 Å². The summed E-state index contributed by atoms with van der Waals surface area (Å²) >= 11 is 10.3. The first-order valence-electron chi connectivity index (χ1n) is 11.4. The molecule has 0 aliphatic rings. The Morgan fingerprint density at radius 2 is 1.73 bits per heavy atom. The molecule has 0 atom stereocenters. The molecular formula is C25H17BrClF3N6O4S. The molecule has 0 saturated heterocycles. The number of nitro benzene ring substituents is 1. The van der Waals surface area contributed by atoms with E-state index in [0.29, 0.717) is 11.5 Å². The number of hydrogen-bond acceptors (Lipinski definition) is 7. The summed E-state index contributed by atoms with van der Waals surface area (Å²) in [5.74, 6) is -1.06. The van der Waals surface area contributed by atoms with Crippen LogP contribution in [0.1, 0.15) is 21.7 Å². The maximum atomic E-state index is 13.1. The number of hydrogen-bond donors (Lipinski definition) is 2. The second kappa shape index (κ2) is 12.7. The van der Waals surface area contributed by atoms with Gasteiger partial charge in [-0.15, -0.1) is 10.2 Å². The van der Waals surface area contributed by atoms with Crippen molar-refractivity contribution < 1.29 is 27.7 Å². The number of carbonyl (C=O) groups excluding carboxylic acids is 2. The molecule has 16 heteroatoms. The van der Waals surface area contributed by atoms with Crippen molar-refractivity contribution in [3.8, 4) is 5.69 Å². The number of anilines is 1. The number of nitrogens with one attached hydrogen (secondary N) is 2. The van der Waals surface area contributed by atoms with Crippen LogP contribution in [-0.4, -0.2) is 37.3 Å². The smallest absolute Gasteiger partial charge is 0.345 e. The fourth-order valence-electron chi connectivity index (χ4n) is 3.47. The fraction of sp³-hybridized carbons (Fsp3) is 0.120. The van der Waals surface area contributed by atoms with Gasteiger partial charge in [-0.1, -0.05) is 39.3 Å². The molecule has 0 bridgehead atoms. The Labute approximate surface area is 247 Å². The first-order chi connectivity index (χ1) is 19.4. The van der Waals surface area contributed by atoms with Crippen LogP contribution >= 0.6 is 39.3 Å². The number of aromatic nitrogens is 3. The number of alkyl halides is 3. The molecule has 41 heavy (non-hydrogen) atoms. The molecule has 0 unspecified atom stereocenters. The Kier molecular flexibility index (Phi) is 9.30. The van der Waals surface area contributed by atoms with Crippen LogP contribution < -0.4 is 10.6 Å². The van der Waals surface area contributed by atoms with Gasteiger partial charge in [0, 0.05) is 27.9 Å². The second-order valence-electron chi connectivity index (χ2n) is 8.23. The van der Waals surface area contributed by atoms with Crippen molar-refractivity contribution in [1.29, 1.82) is 0 Å². The van der Waals surface area contributed by atoms with E-state index in [0.717, 1.165) is 34.4 Å². The van der Waals surface area contributed by atoms with Crippen molar-refractivity contribution in [3.63, 3.8) is 0 Å². The Hall–Kier alpha value is -3.95. The standard InChI is InChI=1S/C25H17BrClF3N6O4S/c26-16-4-8-17(9-5-16)35-21(12-31-23(38)14-1-6-18(7-2-14)36(39)40)33-34-24(35)41-13-22(37)32-20-11-15(25(28,29)30)3-10-19(20)27/h1-11H,12-13H2,(H,31,38)(H,32,37). The van der Waals surface area contributed by atoms with E-state index in [9.17, 15) is 32.9 Å². The van der Waals surface area contributed by atoms with Crippen LogP contribution in [0.5, 0.6) is 0 Å². The first kappa shape index (κ1) is 30.0.